The fourth-order valence-corrected chi connectivity index (χ4v) is 4.82. The second-order valence-electron chi connectivity index (χ2n) is 8.48. The normalized spacial score (nSPS) is 11.9. The van der Waals surface area contributed by atoms with E-state index in [9.17, 15) is 23.1 Å². The van der Waals surface area contributed by atoms with Crippen molar-refractivity contribution in [3.05, 3.63) is 126 Å². The van der Waals surface area contributed by atoms with Crippen molar-refractivity contribution in [3.63, 3.8) is 0 Å². The van der Waals surface area contributed by atoms with E-state index in [1.54, 1.807) is 54.6 Å². The fourth-order valence-electron chi connectivity index (χ4n) is 3.64. The highest BCUT2D eigenvalue weighted by Gasteiger charge is 2.27. The summed E-state index contributed by atoms with van der Waals surface area (Å²) < 4.78 is 34.2. The van der Waals surface area contributed by atoms with Crippen molar-refractivity contribution in [2.24, 2.45) is 0 Å². The Morgan fingerprint density at radius 2 is 1.37 bits per heavy atom. The smallest absolute Gasteiger partial charge is 0.324 e. The third-order valence-electron chi connectivity index (χ3n) is 5.64. The van der Waals surface area contributed by atoms with E-state index in [0.29, 0.717) is 16.8 Å². The molecule has 0 spiro atoms. The molecular weight excluding hydrogens is 504 g/mol. The van der Waals surface area contributed by atoms with Crippen LogP contribution in [0.5, 0.6) is 5.75 Å². The molecule has 9 heteroatoms. The summed E-state index contributed by atoms with van der Waals surface area (Å²) in [6, 6.07) is 28.2. The predicted molar refractivity (Wildman–Crippen MR) is 143 cm³/mol. The van der Waals surface area contributed by atoms with Crippen LogP contribution in [0.2, 0.25) is 0 Å². The molecule has 0 saturated carbocycles. The Labute approximate surface area is 221 Å². The molecule has 0 radical (unpaired) electrons. The van der Waals surface area contributed by atoms with Crippen LogP contribution in [-0.2, 0) is 32.6 Å². The lowest BCUT2D eigenvalue weighted by molar-refractivity contribution is -0.147. The van der Waals surface area contributed by atoms with Crippen molar-refractivity contribution in [1.29, 1.82) is 0 Å². The van der Waals surface area contributed by atoms with Gasteiger partial charge in [-0.3, -0.25) is 9.59 Å². The maximum atomic E-state index is 13.2. The maximum absolute atomic E-state index is 13.2. The van der Waals surface area contributed by atoms with E-state index in [2.05, 4.69) is 10.0 Å². The zero-order valence-electron chi connectivity index (χ0n) is 20.3. The Hall–Kier alpha value is -4.47. The van der Waals surface area contributed by atoms with Gasteiger partial charge in [-0.15, -0.1) is 0 Å². The largest absolute Gasteiger partial charge is 0.508 e. The summed E-state index contributed by atoms with van der Waals surface area (Å²) >= 11 is 0. The van der Waals surface area contributed by atoms with Gasteiger partial charge in [0.25, 0.3) is 5.91 Å². The van der Waals surface area contributed by atoms with Gasteiger partial charge in [-0.05, 0) is 66.1 Å². The topological polar surface area (TPSA) is 122 Å². The quantitative estimate of drug-likeness (QED) is 0.263. The van der Waals surface area contributed by atoms with E-state index < -0.39 is 22.0 Å². The first-order valence-electron chi connectivity index (χ1n) is 11.8. The molecule has 194 valence electrons. The summed E-state index contributed by atoms with van der Waals surface area (Å²) in [6.45, 7) is -0.0106. The lowest BCUT2D eigenvalue weighted by atomic mass is 10.1. The van der Waals surface area contributed by atoms with Crippen molar-refractivity contribution >= 4 is 27.6 Å². The van der Waals surface area contributed by atoms with Crippen LogP contribution in [0.1, 0.15) is 21.5 Å². The molecule has 38 heavy (non-hydrogen) atoms. The Kier molecular flexibility index (Phi) is 8.52. The number of ether oxygens (including phenoxy) is 1. The predicted octanol–water partition coefficient (Wildman–Crippen LogP) is 4.28. The van der Waals surface area contributed by atoms with Crippen LogP contribution in [0.3, 0.4) is 0 Å². The van der Waals surface area contributed by atoms with Crippen molar-refractivity contribution in [2.45, 2.75) is 24.0 Å². The van der Waals surface area contributed by atoms with E-state index in [0.717, 1.165) is 5.56 Å². The Balaban J connectivity index is 1.48. The first-order valence-corrected chi connectivity index (χ1v) is 13.3. The van der Waals surface area contributed by atoms with Gasteiger partial charge in [0, 0.05) is 11.3 Å². The number of sulfonamides is 1. The van der Waals surface area contributed by atoms with Crippen LogP contribution in [-0.4, -0.2) is 31.4 Å². The average molecular weight is 531 g/mol. The molecule has 0 saturated heterocycles. The number of hydrogen-bond donors (Lipinski definition) is 3. The number of phenols is 1. The molecule has 0 bridgehead atoms. The van der Waals surface area contributed by atoms with Gasteiger partial charge < -0.3 is 15.2 Å². The van der Waals surface area contributed by atoms with E-state index in [1.165, 1.54) is 36.4 Å². The Morgan fingerprint density at radius 1 is 0.763 bits per heavy atom. The molecule has 8 nitrogen and oxygen atoms in total. The molecule has 1 amide bonds. The zero-order chi connectivity index (χ0) is 27.0. The first-order chi connectivity index (χ1) is 18.3. The first kappa shape index (κ1) is 26.6. The Bertz CT molecular complexity index is 1470. The summed E-state index contributed by atoms with van der Waals surface area (Å²) in [5, 5.41) is 12.3. The number of anilines is 1. The number of rotatable bonds is 10. The molecular formula is C29H26N2O6S. The molecule has 0 aliphatic rings. The van der Waals surface area contributed by atoms with Gasteiger partial charge in [-0.25, -0.2) is 8.42 Å². The summed E-state index contributed by atoms with van der Waals surface area (Å²) in [5.74, 6) is -1.01. The van der Waals surface area contributed by atoms with E-state index in [1.807, 2.05) is 18.2 Å². The van der Waals surface area contributed by atoms with Crippen LogP contribution < -0.4 is 10.0 Å². The van der Waals surface area contributed by atoms with Crippen LogP contribution >= 0.6 is 0 Å². The summed E-state index contributed by atoms with van der Waals surface area (Å²) in [6.07, 6.45) is 0.0123. The number of aromatic hydroxyl groups is 1. The second kappa shape index (κ2) is 12.2. The van der Waals surface area contributed by atoms with Gasteiger partial charge in [-0.1, -0.05) is 60.7 Å². The minimum absolute atomic E-state index is 0.0106. The number of benzene rings is 4. The number of nitrogens with one attached hydrogen (secondary N) is 2. The summed E-state index contributed by atoms with van der Waals surface area (Å²) in [5.41, 5.74) is 2.28. The molecule has 0 heterocycles. The molecule has 0 aliphatic carbocycles. The summed E-state index contributed by atoms with van der Waals surface area (Å²) in [4.78, 5) is 25.2. The van der Waals surface area contributed by atoms with Gasteiger partial charge in [0.05, 0.1) is 4.90 Å². The third-order valence-corrected chi connectivity index (χ3v) is 7.13. The lowest BCUT2D eigenvalue weighted by Crippen LogP contribution is -2.43. The Morgan fingerprint density at radius 3 is 2.00 bits per heavy atom. The molecule has 3 N–H and O–H groups in total. The van der Waals surface area contributed by atoms with Gasteiger partial charge >= 0.3 is 5.97 Å². The van der Waals surface area contributed by atoms with Crippen LogP contribution in [0.25, 0.3) is 0 Å². The standard InChI is InChI=1S/C29H26N2O6S/c32-25-15-11-21(12-16-25)19-27(29(34)37-20-22-7-3-1-4-8-22)31-38(35,36)26-17-13-24(14-18-26)30-28(33)23-9-5-2-6-10-23/h1-18,27,31-32H,19-20H2,(H,30,33). The van der Waals surface area contributed by atoms with Crippen molar-refractivity contribution in [3.8, 4) is 5.75 Å². The monoisotopic (exact) mass is 530 g/mol. The summed E-state index contributed by atoms with van der Waals surface area (Å²) in [7, 11) is -4.13. The van der Waals surface area contributed by atoms with E-state index in [4.69, 9.17) is 4.74 Å². The van der Waals surface area contributed by atoms with Gasteiger partial charge in [-0.2, -0.15) is 4.72 Å². The lowest BCUT2D eigenvalue weighted by Gasteiger charge is -2.18. The van der Waals surface area contributed by atoms with Gasteiger partial charge in [0.15, 0.2) is 0 Å². The highest BCUT2D eigenvalue weighted by atomic mass is 32.2. The van der Waals surface area contributed by atoms with Crippen LogP contribution in [0.15, 0.2) is 114 Å². The average Bonchev–Trinajstić information content (AvgIpc) is 2.94. The minimum atomic E-state index is -4.13. The number of carbonyl (C=O) groups is 2. The van der Waals surface area contributed by atoms with Gasteiger partial charge in [0.2, 0.25) is 10.0 Å². The van der Waals surface area contributed by atoms with Crippen LogP contribution in [0, 0.1) is 0 Å². The molecule has 0 aliphatic heterocycles. The van der Waals surface area contributed by atoms with Crippen molar-refractivity contribution in [2.75, 3.05) is 5.32 Å². The molecule has 4 aromatic rings. The number of carbonyl (C=O) groups excluding carboxylic acids is 2. The molecule has 1 atom stereocenters. The number of amides is 1. The van der Waals surface area contributed by atoms with Crippen molar-refractivity contribution < 1.29 is 27.9 Å². The highest BCUT2D eigenvalue weighted by Crippen LogP contribution is 2.18. The van der Waals surface area contributed by atoms with E-state index in [-0.39, 0.29) is 29.6 Å². The number of phenolic OH excluding ortho intramolecular Hbond substituents is 1. The van der Waals surface area contributed by atoms with E-state index >= 15 is 0 Å². The fraction of sp³-hybridized carbons (Fsp3) is 0.103. The van der Waals surface area contributed by atoms with Gasteiger partial charge in [0.1, 0.15) is 18.4 Å². The SMILES string of the molecule is O=C(Nc1ccc(S(=O)(=O)NC(Cc2ccc(O)cc2)C(=O)OCc2ccccc2)cc1)c1ccccc1. The minimum Gasteiger partial charge on any atom is -0.508 e. The molecule has 1 unspecified atom stereocenters. The molecule has 0 aromatic heterocycles. The second-order valence-corrected chi connectivity index (χ2v) is 10.2. The third kappa shape index (κ3) is 7.28. The zero-order valence-corrected chi connectivity index (χ0v) is 21.1. The highest BCUT2D eigenvalue weighted by molar-refractivity contribution is 7.89. The molecule has 0 fully saturated rings. The molecule has 4 rings (SSSR count). The van der Waals surface area contributed by atoms with Crippen LogP contribution in [0.4, 0.5) is 5.69 Å². The number of esters is 1. The molecule has 4 aromatic carbocycles. The maximum Gasteiger partial charge on any atom is 0.324 e. The van der Waals surface area contributed by atoms with Crippen molar-refractivity contribution in [1.82, 2.24) is 4.72 Å². The number of hydrogen-bond acceptors (Lipinski definition) is 6.